The van der Waals surface area contributed by atoms with Gasteiger partial charge in [0.25, 0.3) is 0 Å². The number of allylic oxidation sites excluding steroid dienone is 1. The number of halogens is 1. The van der Waals surface area contributed by atoms with E-state index in [2.05, 4.69) is 22.1 Å². The van der Waals surface area contributed by atoms with Crippen LogP contribution in [0.1, 0.15) is 24.2 Å². The van der Waals surface area contributed by atoms with E-state index in [1.165, 1.54) is 18.7 Å². The molecular formula is C22H21ClN4O2S. The van der Waals surface area contributed by atoms with Crippen LogP contribution in [0.3, 0.4) is 0 Å². The molecule has 3 aromatic rings. The lowest BCUT2D eigenvalue weighted by Crippen LogP contribution is -2.15. The van der Waals surface area contributed by atoms with E-state index in [0.717, 1.165) is 5.56 Å². The van der Waals surface area contributed by atoms with Crippen LogP contribution in [0.25, 0.3) is 11.4 Å². The van der Waals surface area contributed by atoms with Gasteiger partial charge in [-0.25, -0.2) is 0 Å². The number of benzene rings is 2. The number of anilines is 1. The third-order valence-corrected chi connectivity index (χ3v) is 5.60. The number of amides is 1. The van der Waals surface area contributed by atoms with E-state index in [9.17, 15) is 9.59 Å². The minimum absolute atomic E-state index is 0.0319. The van der Waals surface area contributed by atoms with Crippen molar-refractivity contribution in [2.75, 3.05) is 5.32 Å². The molecule has 0 bridgehead atoms. The number of carbonyl (C=O) groups excluding carboxylic acids is 2. The van der Waals surface area contributed by atoms with Gasteiger partial charge in [0.2, 0.25) is 5.91 Å². The van der Waals surface area contributed by atoms with Crippen LogP contribution in [0, 0.1) is 0 Å². The number of hydrogen-bond acceptors (Lipinski definition) is 5. The molecule has 0 saturated heterocycles. The first kappa shape index (κ1) is 21.8. The third kappa shape index (κ3) is 5.17. The number of nitrogens with zero attached hydrogens (tertiary/aromatic N) is 3. The molecule has 0 saturated carbocycles. The summed E-state index contributed by atoms with van der Waals surface area (Å²) in [7, 11) is 0. The Balaban J connectivity index is 1.79. The molecular weight excluding hydrogens is 420 g/mol. The van der Waals surface area contributed by atoms with Crippen molar-refractivity contribution in [1.29, 1.82) is 0 Å². The van der Waals surface area contributed by atoms with Crippen molar-refractivity contribution in [2.24, 2.45) is 0 Å². The molecule has 0 radical (unpaired) electrons. The summed E-state index contributed by atoms with van der Waals surface area (Å²) in [6.07, 6.45) is 1.76. The minimum Gasteiger partial charge on any atom is -0.326 e. The second-order valence-electron chi connectivity index (χ2n) is 6.60. The van der Waals surface area contributed by atoms with Crippen LogP contribution in [-0.4, -0.2) is 31.7 Å². The molecule has 0 aliphatic rings. The highest BCUT2D eigenvalue weighted by atomic mass is 35.5. The quantitative estimate of drug-likeness (QED) is 0.299. The van der Waals surface area contributed by atoms with E-state index in [0.29, 0.717) is 33.8 Å². The van der Waals surface area contributed by atoms with Crippen molar-refractivity contribution in [3.8, 4) is 11.4 Å². The molecule has 1 heterocycles. The Hall–Kier alpha value is -2.90. The SMILES string of the molecule is C=CCn1c(SC(C)C(=O)c2ccc(NC(C)=O)cc2)nnc1-c1ccc(Cl)cc1. The van der Waals surface area contributed by atoms with Gasteiger partial charge in [-0.3, -0.25) is 14.2 Å². The van der Waals surface area contributed by atoms with Gasteiger partial charge in [-0.15, -0.1) is 16.8 Å². The number of aromatic nitrogens is 3. The molecule has 0 aliphatic carbocycles. The first-order chi connectivity index (χ1) is 14.4. The fourth-order valence-electron chi connectivity index (χ4n) is 2.85. The summed E-state index contributed by atoms with van der Waals surface area (Å²) in [5.74, 6) is 0.500. The molecule has 1 aromatic heterocycles. The number of Topliss-reactive ketones (excluding diaryl/α,β-unsaturated/α-hetero) is 1. The standard InChI is InChI=1S/C22H21ClN4O2S/c1-4-13-27-21(17-5-9-18(23)10-6-17)25-26-22(27)30-14(2)20(29)16-7-11-19(12-8-16)24-15(3)28/h4-12,14H,1,13H2,2-3H3,(H,24,28). The van der Waals surface area contributed by atoms with Gasteiger partial charge in [-0.05, 0) is 55.5 Å². The van der Waals surface area contributed by atoms with Gasteiger partial charge >= 0.3 is 0 Å². The minimum atomic E-state index is -0.373. The van der Waals surface area contributed by atoms with Crippen LogP contribution in [-0.2, 0) is 11.3 Å². The summed E-state index contributed by atoms with van der Waals surface area (Å²) in [5, 5.41) is 12.2. The lowest BCUT2D eigenvalue weighted by atomic mass is 10.1. The molecule has 2 aromatic carbocycles. The summed E-state index contributed by atoms with van der Waals surface area (Å²) in [6.45, 7) is 7.60. The highest BCUT2D eigenvalue weighted by Crippen LogP contribution is 2.29. The Morgan fingerprint density at radius 3 is 2.43 bits per heavy atom. The maximum absolute atomic E-state index is 12.9. The molecule has 0 aliphatic heterocycles. The lowest BCUT2D eigenvalue weighted by molar-refractivity contribution is -0.114. The van der Waals surface area contributed by atoms with Crippen molar-refractivity contribution in [3.63, 3.8) is 0 Å². The fraction of sp³-hybridized carbons (Fsp3) is 0.182. The van der Waals surface area contributed by atoms with Crippen molar-refractivity contribution in [3.05, 3.63) is 71.8 Å². The zero-order valence-corrected chi connectivity index (χ0v) is 18.2. The van der Waals surface area contributed by atoms with E-state index >= 15 is 0 Å². The Morgan fingerprint density at radius 1 is 1.17 bits per heavy atom. The normalized spacial score (nSPS) is 11.7. The van der Waals surface area contributed by atoms with Gasteiger partial charge in [0, 0.05) is 35.3 Å². The molecule has 0 fully saturated rings. The number of carbonyl (C=O) groups is 2. The van der Waals surface area contributed by atoms with E-state index in [4.69, 9.17) is 11.6 Å². The maximum atomic E-state index is 12.9. The summed E-state index contributed by atoms with van der Waals surface area (Å²) < 4.78 is 1.92. The van der Waals surface area contributed by atoms with Gasteiger partial charge in [-0.1, -0.05) is 29.4 Å². The highest BCUT2D eigenvalue weighted by molar-refractivity contribution is 8.00. The van der Waals surface area contributed by atoms with E-state index in [-0.39, 0.29) is 16.9 Å². The predicted molar refractivity (Wildman–Crippen MR) is 121 cm³/mol. The highest BCUT2D eigenvalue weighted by Gasteiger charge is 2.21. The first-order valence-electron chi connectivity index (χ1n) is 9.27. The molecule has 1 amide bonds. The second-order valence-corrected chi connectivity index (χ2v) is 8.34. The Labute approximate surface area is 184 Å². The fourth-order valence-corrected chi connectivity index (χ4v) is 3.91. The van der Waals surface area contributed by atoms with Crippen LogP contribution in [0.15, 0.2) is 66.3 Å². The van der Waals surface area contributed by atoms with Crippen LogP contribution in [0.5, 0.6) is 0 Å². The van der Waals surface area contributed by atoms with Crippen LogP contribution < -0.4 is 5.32 Å². The zero-order chi connectivity index (χ0) is 21.7. The molecule has 1 N–H and O–H groups in total. The largest absolute Gasteiger partial charge is 0.326 e. The predicted octanol–water partition coefficient (Wildman–Crippen LogP) is 5.11. The molecule has 8 heteroatoms. The summed E-state index contributed by atoms with van der Waals surface area (Å²) in [5.41, 5.74) is 2.10. The van der Waals surface area contributed by atoms with Gasteiger partial charge in [-0.2, -0.15) is 0 Å². The average Bonchev–Trinajstić information content (AvgIpc) is 3.11. The number of hydrogen-bond donors (Lipinski definition) is 1. The smallest absolute Gasteiger partial charge is 0.221 e. The van der Waals surface area contributed by atoms with Crippen molar-refractivity contribution in [2.45, 2.75) is 30.8 Å². The number of ketones is 1. The van der Waals surface area contributed by atoms with Crippen molar-refractivity contribution >= 4 is 40.7 Å². The molecule has 154 valence electrons. The van der Waals surface area contributed by atoms with Crippen LogP contribution in [0.4, 0.5) is 5.69 Å². The Bertz CT molecular complexity index is 1060. The maximum Gasteiger partial charge on any atom is 0.221 e. The molecule has 1 atom stereocenters. The zero-order valence-electron chi connectivity index (χ0n) is 16.6. The molecule has 0 spiro atoms. The van der Waals surface area contributed by atoms with Crippen molar-refractivity contribution in [1.82, 2.24) is 14.8 Å². The Kier molecular flexibility index (Phi) is 7.07. The van der Waals surface area contributed by atoms with E-state index in [1.54, 1.807) is 42.5 Å². The average molecular weight is 441 g/mol. The molecule has 6 nitrogen and oxygen atoms in total. The summed E-state index contributed by atoms with van der Waals surface area (Å²) >= 11 is 7.32. The first-order valence-corrected chi connectivity index (χ1v) is 10.5. The summed E-state index contributed by atoms with van der Waals surface area (Å²) in [4.78, 5) is 24.0. The van der Waals surface area contributed by atoms with Crippen LogP contribution in [0.2, 0.25) is 5.02 Å². The van der Waals surface area contributed by atoms with E-state index in [1.807, 2.05) is 23.6 Å². The molecule has 30 heavy (non-hydrogen) atoms. The van der Waals surface area contributed by atoms with Gasteiger partial charge in [0.1, 0.15) is 0 Å². The van der Waals surface area contributed by atoms with Gasteiger partial charge < -0.3 is 5.32 Å². The van der Waals surface area contributed by atoms with Gasteiger partial charge in [0.15, 0.2) is 16.8 Å². The topological polar surface area (TPSA) is 76.9 Å². The number of rotatable bonds is 8. The number of nitrogens with one attached hydrogen (secondary N) is 1. The lowest BCUT2D eigenvalue weighted by Gasteiger charge is -2.12. The van der Waals surface area contributed by atoms with Gasteiger partial charge in [0.05, 0.1) is 5.25 Å². The monoisotopic (exact) mass is 440 g/mol. The second kappa shape index (κ2) is 9.73. The Morgan fingerprint density at radius 2 is 1.83 bits per heavy atom. The van der Waals surface area contributed by atoms with E-state index < -0.39 is 0 Å². The molecule has 3 rings (SSSR count). The summed E-state index contributed by atoms with van der Waals surface area (Å²) in [6, 6.07) is 14.2. The number of thioether (sulfide) groups is 1. The van der Waals surface area contributed by atoms with Crippen molar-refractivity contribution < 1.29 is 9.59 Å². The molecule has 1 unspecified atom stereocenters. The van der Waals surface area contributed by atoms with Crippen LogP contribution >= 0.6 is 23.4 Å². The third-order valence-electron chi connectivity index (χ3n) is 4.27.